The summed E-state index contributed by atoms with van der Waals surface area (Å²) in [6, 6.07) is 0. The van der Waals surface area contributed by atoms with Gasteiger partial charge in [0.2, 0.25) is 0 Å². The average Bonchev–Trinajstić information content (AvgIpc) is 2.18. The Hall–Kier alpha value is -0.500. The van der Waals surface area contributed by atoms with E-state index in [0.29, 0.717) is 11.8 Å². The summed E-state index contributed by atoms with van der Waals surface area (Å²) >= 11 is 4.47. The fourth-order valence-electron chi connectivity index (χ4n) is 1.36. The van der Waals surface area contributed by atoms with E-state index in [1.807, 2.05) is 6.08 Å². The molecule has 1 nitrogen and oxygen atoms in total. The molecule has 1 aliphatic carbocycles. The van der Waals surface area contributed by atoms with Gasteiger partial charge in [0.1, 0.15) is 0 Å². The van der Waals surface area contributed by atoms with E-state index in [1.165, 1.54) is 5.71 Å². The zero-order valence-electron chi connectivity index (χ0n) is 9.14. The Balaban J connectivity index is 2.75. The summed E-state index contributed by atoms with van der Waals surface area (Å²) in [4.78, 5) is 4.63. The lowest BCUT2D eigenvalue weighted by atomic mass is 9.96. The number of rotatable bonds is 3. The fraction of sp³-hybridized carbons (Fsp3) is 0.583. The molecule has 14 heavy (non-hydrogen) atoms. The first kappa shape index (κ1) is 11.6. The number of hydrogen-bond acceptors (Lipinski definition) is 2. The smallest absolute Gasteiger partial charge is 0.0949 e. The SMILES string of the molecule is CCC1C=CC=CC1=NC(S)C(C)C. The number of allylic oxidation sites excluding steroid dienone is 4. The molecule has 78 valence electrons. The first-order valence-electron chi connectivity index (χ1n) is 5.25. The molecule has 0 aromatic carbocycles. The van der Waals surface area contributed by atoms with Crippen molar-refractivity contribution in [1.82, 2.24) is 0 Å². The molecular formula is C12H19NS. The standard InChI is InChI=1S/C12H19NS/c1-4-10-7-5-6-8-11(10)13-12(14)9(2)3/h5-10,12,14H,4H2,1-3H3. The molecule has 0 amide bonds. The van der Waals surface area contributed by atoms with Gasteiger partial charge >= 0.3 is 0 Å². The Morgan fingerprint density at radius 2 is 2.14 bits per heavy atom. The third-order valence-electron chi connectivity index (χ3n) is 2.42. The monoisotopic (exact) mass is 209 g/mol. The lowest BCUT2D eigenvalue weighted by Gasteiger charge is -2.17. The van der Waals surface area contributed by atoms with Crippen molar-refractivity contribution in [1.29, 1.82) is 0 Å². The second-order valence-electron chi connectivity index (χ2n) is 3.97. The maximum atomic E-state index is 4.63. The third-order valence-corrected chi connectivity index (χ3v) is 3.13. The van der Waals surface area contributed by atoms with Gasteiger partial charge in [-0.2, -0.15) is 12.6 Å². The summed E-state index contributed by atoms with van der Waals surface area (Å²) in [6.45, 7) is 6.47. The summed E-state index contributed by atoms with van der Waals surface area (Å²) in [6.07, 6.45) is 9.56. The highest BCUT2D eigenvalue weighted by atomic mass is 32.1. The molecule has 2 atom stereocenters. The van der Waals surface area contributed by atoms with Gasteiger partial charge in [-0.25, -0.2) is 0 Å². The summed E-state index contributed by atoms with van der Waals surface area (Å²) in [7, 11) is 0. The van der Waals surface area contributed by atoms with Gasteiger partial charge in [-0.3, -0.25) is 4.99 Å². The van der Waals surface area contributed by atoms with Crippen LogP contribution in [0.3, 0.4) is 0 Å². The van der Waals surface area contributed by atoms with Crippen LogP contribution in [-0.2, 0) is 0 Å². The minimum atomic E-state index is 0.121. The van der Waals surface area contributed by atoms with Gasteiger partial charge < -0.3 is 0 Å². The van der Waals surface area contributed by atoms with Gasteiger partial charge in [-0.1, -0.05) is 39.0 Å². The molecular weight excluding hydrogens is 190 g/mol. The van der Waals surface area contributed by atoms with E-state index in [4.69, 9.17) is 0 Å². The number of aliphatic imine (C=N–C) groups is 1. The summed E-state index contributed by atoms with van der Waals surface area (Å²) < 4.78 is 0. The first-order valence-corrected chi connectivity index (χ1v) is 5.77. The molecule has 0 heterocycles. The molecule has 0 radical (unpaired) electrons. The molecule has 1 rings (SSSR count). The van der Waals surface area contributed by atoms with E-state index in [2.05, 4.69) is 56.6 Å². The molecule has 0 bridgehead atoms. The lowest BCUT2D eigenvalue weighted by Crippen LogP contribution is -2.15. The minimum absolute atomic E-state index is 0.121. The number of hydrogen-bond donors (Lipinski definition) is 1. The van der Waals surface area contributed by atoms with Crippen molar-refractivity contribution in [3.8, 4) is 0 Å². The van der Waals surface area contributed by atoms with Gasteiger partial charge in [0.15, 0.2) is 0 Å². The van der Waals surface area contributed by atoms with Gasteiger partial charge in [-0.05, 0) is 18.4 Å². The van der Waals surface area contributed by atoms with Crippen LogP contribution < -0.4 is 0 Å². The normalized spacial score (nSPS) is 26.1. The van der Waals surface area contributed by atoms with Crippen molar-refractivity contribution < 1.29 is 0 Å². The molecule has 0 aromatic rings. The van der Waals surface area contributed by atoms with Crippen molar-refractivity contribution >= 4 is 18.3 Å². The first-order chi connectivity index (χ1) is 6.65. The van der Waals surface area contributed by atoms with E-state index in [0.717, 1.165) is 6.42 Å². The van der Waals surface area contributed by atoms with Crippen LogP contribution in [0.1, 0.15) is 27.2 Å². The highest BCUT2D eigenvalue weighted by Gasteiger charge is 2.13. The summed E-state index contributed by atoms with van der Waals surface area (Å²) in [5.74, 6) is 0.969. The van der Waals surface area contributed by atoms with Crippen LogP contribution in [0.4, 0.5) is 0 Å². The summed E-state index contributed by atoms with van der Waals surface area (Å²) in [5.41, 5.74) is 1.17. The van der Waals surface area contributed by atoms with Gasteiger partial charge in [0.25, 0.3) is 0 Å². The van der Waals surface area contributed by atoms with E-state index in [1.54, 1.807) is 0 Å². The average molecular weight is 209 g/mol. The Bertz CT molecular complexity index is 263. The molecule has 0 aliphatic heterocycles. The second kappa shape index (κ2) is 5.40. The van der Waals surface area contributed by atoms with Crippen molar-refractivity contribution in [3.05, 3.63) is 24.3 Å². The van der Waals surface area contributed by atoms with Gasteiger partial charge in [-0.15, -0.1) is 0 Å². The van der Waals surface area contributed by atoms with Crippen molar-refractivity contribution in [3.63, 3.8) is 0 Å². The van der Waals surface area contributed by atoms with E-state index in [9.17, 15) is 0 Å². The Morgan fingerprint density at radius 3 is 2.71 bits per heavy atom. The molecule has 0 saturated carbocycles. The lowest BCUT2D eigenvalue weighted by molar-refractivity contribution is 0.625. The van der Waals surface area contributed by atoms with E-state index < -0.39 is 0 Å². The van der Waals surface area contributed by atoms with Crippen LogP contribution in [0.15, 0.2) is 29.3 Å². The highest BCUT2D eigenvalue weighted by Crippen LogP contribution is 2.17. The fourth-order valence-corrected chi connectivity index (χ4v) is 1.49. The maximum Gasteiger partial charge on any atom is 0.0949 e. The molecule has 0 spiro atoms. The number of thiol groups is 1. The van der Waals surface area contributed by atoms with Crippen molar-refractivity contribution in [2.75, 3.05) is 0 Å². The maximum absolute atomic E-state index is 4.63. The zero-order chi connectivity index (χ0) is 10.6. The van der Waals surface area contributed by atoms with Gasteiger partial charge in [0, 0.05) is 11.6 Å². The van der Waals surface area contributed by atoms with Crippen LogP contribution in [0.5, 0.6) is 0 Å². The Kier molecular flexibility index (Phi) is 4.46. The third kappa shape index (κ3) is 3.02. The molecule has 0 aromatic heterocycles. The summed E-state index contributed by atoms with van der Waals surface area (Å²) in [5, 5.41) is 0.121. The van der Waals surface area contributed by atoms with Crippen molar-refractivity contribution in [2.45, 2.75) is 32.6 Å². The molecule has 1 aliphatic rings. The largest absolute Gasteiger partial charge is 0.275 e. The second-order valence-corrected chi connectivity index (χ2v) is 4.50. The molecule has 2 unspecified atom stereocenters. The Morgan fingerprint density at radius 1 is 1.43 bits per heavy atom. The topological polar surface area (TPSA) is 12.4 Å². The van der Waals surface area contributed by atoms with Crippen LogP contribution in [0, 0.1) is 11.8 Å². The highest BCUT2D eigenvalue weighted by molar-refractivity contribution is 7.80. The molecule has 0 saturated heterocycles. The predicted molar refractivity (Wildman–Crippen MR) is 67.1 cm³/mol. The predicted octanol–water partition coefficient (Wildman–Crippen LogP) is 3.49. The van der Waals surface area contributed by atoms with Crippen LogP contribution in [0.2, 0.25) is 0 Å². The quantitative estimate of drug-likeness (QED) is 0.683. The van der Waals surface area contributed by atoms with Gasteiger partial charge in [0.05, 0.1) is 5.37 Å². The Labute approximate surface area is 92.4 Å². The van der Waals surface area contributed by atoms with E-state index >= 15 is 0 Å². The molecule has 2 heteroatoms. The zero-order valence-corrected chi connectivity index (χ0v) is 10.0. The minimum Gasteiger partial charge on any atom is -0.275 e. The number of nitrogens with zero attached hydrogens (tertiary/aromatic N) is 1. The van der Waals surface area contributed by atoms with Crippen LogP contribution in [0.25, 0.3) is 0 Å². The van der Waals surface area contributed by atoms with Crippen LogP contribution >= 0.6 is 12.6 Å². The van der Waals surface area contributed by atoms with Crippen molar-refractivity contribution in [2.24, 2.45) is 16.8 Å². The van der Waals surface area contributed by atoms with E-state index in [-0.39, 0.29) is 5.37 Å². The molecule has 0 fully saturated rings. The molecule has 0 N–H and O–H groups in total. The van der Waals surface area contributed by atoms with Crippen LogP contribution in [-0.4, -0.2) is 11.1 Å².